The van der Waals surface area contributed by atoms with E-state index >= 15 is 0 Å². The highest BCUT2D eigenvalue weighted by Gasteiger charge is 2.10. The van der Waals surface area contributed by atoms with Crippen LogP contribution in [-0.4, -0.2) is 32.0 Å². The number of nitrogens with one attached hydrogen (secondary N) is 1. The molecular weight excluding hydrogens is 192 g/mol. The molecule has 0 fully saturated rings. The molecule has 0 saturated heterocycles. The van der Waals surface area contributed by atoms with Crippen LogP contribution in [0.15, 0.2) is 6.33 Å². The molecule has 0 aliphatic heterocycles. The van der Waals surface area contributed by atoms with Gasteiger partial charge in [-0.25, -0.2) is 14.6 Å². The van der Waals surface area contributed by atoms with Gasteiger partial charge in [-0.15, -0.1) is 5.10 Å². The molecule has 0 aromatic carbocycles. The van der Waals surface area contributed by atoms with Crippen molar-refractivity contribution in [2.75, 3.05) is 12.4 Å². The van der Waals surface area contributed by atoms with Crippen molar-refractivity contribution >= 4 is 17.0 Å². The van der Waals surface area contributed by atoms with Gasteiger partial charge in [0, 0.05) is 13.6 Å². The van der Waals surface area contributed by atoms with Crippen molar-refractivity contribution in [2.24, 2.45) is 5.92 Å². The Morgan fingerprint density at radius 1 is 1.40 bits per heavy atom. The molecule has 2 heterocycles. The average molecular weight is 206 g/mol. The minimum atomic E-state index is 0.517. The normalized spacial score (nSPS) is 11.2. The maximum Gasteiger partial charge on any atom is 0.183 e. The summed E-state index contributed by atoms with van der Waals surface area (Å²) in [6, 6.07) is 0. The lowest BCUT2D eigenvalue weighted by Gasteiger charge is -2.04. The molecule has 2 rings (SSSR count). The predicted octanol–water partition coefficient (Wildman–Crippen LogP) is 0.919. The van der Waals surface area contributed by atoms with Crippen LogP contribution in [0.25, 0.3) is 11.2 Å². The summed E-state index contributed by atoms with van der Waals surface area (Å²) in [5.74, 6) is 1.23. The molecule has 2 aromatic rings. The van der Waals surface area contributed by atoms with E-state index in [-0.39, 0.29) is 0 Å². The van der Waals surface area contributed by atoms with E-state index < -0.39 is 0 Å². The van der Waals surface area contributed by atoms with Gasteiger partial charge in [0.2, 0.25) is 0 Å². The smallest absolute Gasteiger partial charge is 0.183 e. The van der Waals surface area contributed by atoms with Crippen molar-refractivity contribution in [3.8, 4) is 0 Å². The number of anilines is 1. The van der Waals surface area contributed by atoms with Crippen LogP contribution in [-0.2, 0) is 6.54 Å². The SMILES string of the molecule is CNc1ncnc2c1nnn2CC(C)C. The molecule has 6 heteroatoms. The molecular formula is C9H14N6. The maximum atomic E-state index is 4.19. The van der Waals surface area contributed by atoms with Crippen LogP contribution in [0, 0.1) is 5.92 Å². The Kier molecular flexibility index (Phi) is 2.49. The quantitative estimate of drug-likeness (QED) is 0.808. The molecule has 1 N–H and O–H groups in total. The highest BCUT2D eigenvalue weighted by Crippen LogP contribution is 2.15. The highest BCUT2D eigenvalue weighted by molar-refractivity contribution is 5.81. The first-order valence-corrected chi connectivity index (χ1v) is 4.94. The van der Waals surface area contributed by atoms with Crippen LogP contribution in [0.4, 0.5) is 5.82 Å². The number of aromatic nitrogens is 5. The fourth-order valence-electron chi connectivity index (χ4n) is 1.44. The molecule has 0 unspecified atom stereocenters. The molecule has 0 amide bonds. The van der Waals surface area contributed by atoms with E-state index in [1.165, 1.54) is 6.33 Å². The second-order valence-electron chi connectivity index (χ2n) is 3.81. The zero-order valence-electron chi connectivity index (χ0n) is 9.10. The molecule has 0 saturated carbocycles. The third kappa shape index (κ3) is 1.74. The summed E-state index contributed by atoms with van der Waals surface area (Å²) in [5.41, 5.74) is 1.50. The Morgan fingerprint density at radius 3 is 2.87 bits per heavy atom. The zero-order chi connectivity index (χ0) is 10.8. The van der Waals surface area contributed by atoms with Gasteiger partial charge in [-0.3, -0.25) is 0 Å². The lowest BCUT2D eigenvalue weighted by Crippen LogP contribution is -2.07. The molecule has 0 radical (unpaired) electrons. The van der Waals surface area contributed by atoms with Crippen molar-refractivity contribution in [2.45, 2.75) is 20.4 Å². The standard InChI is InChI=1S/C9H14N6/c1-6(2)4-15-9-7(13-14-15)8(10-3)11-5-12-9/h5-6H,4H2,1-3H3,(H,10,11,12). The number of fused-ring (bicyclic) bond motifs is 1. The molecule has 80 valence electrons. The highest BCUT2D eigenvalue weighted by atomic mass is 15.4. The van der Waals surface area contributed by atoms with Gasteiger partial charge in [-0.1, -0.05) is 19.1 Å². The Labute approximate surface area is 87.7 Å². The Bertz CT molecular complexity index is 461. The molecule has 6 nitrogen and oxygen atoms in total. The third-order valence-electron chi connectivity index (χ3n) is 2.08. The lowest BCUT2D eigenvalue weighted by molar-refractivity contribution is 0.480. The monoisotopic (exact) mass is 206 g/mol. The number of rotatable bonds is 3. The minimum Gasteiger partial charge on any atom is -0.371 e. The molecule has 2 aromatic heterocycles. The van der Waals surface area contributed by atoms with Crippen molar-refractivity contribution in [1.29, 1.82) is 0 Å². The number of hydrogen-bond acceptors (Lipinski definition) is 5. The fraction of sp³-hybridized carbons (Fsp3) is 0.556. The maximum absolute atomic E-state index is 4.19. The van der Waals surface area contributed by atoms with Gasteiger partial charge in [-0.2, -0.15) is 0 Å². The van der Waals surface area contributed by atoms with Gasteiger partial charge in [0.25, 0.3) is 0 Å². The number of nitrogens with zero attached hydrogens (tertiary/aromatic N) is 5. The van der Waals surface area contributed by atoms with Crippen LogP contribution in [0.3, 0.4) is 0 Å². The van der Waals surface area contributed by atoms with Crippen molar-refractivity contribution in [3.63, 3.8) is 0 Å². The summed E-state index contributed by atoms with van der Waals surface area (Å²) < 4.78 is 1.81. The Hall–Kier alpha value is -1.72. The average Bonchev–Trinajstić information content (AvgIpc) is 2.61. The van der Waals surface area contributed by atoms with E-state index in [9.17, 15) is 0 Å². The van der Waals surface area contributed by atoms with Gasteiger partial charge in [0.05, 0.1) is 0 Å². The van der Waals surface area contributed by atoms with Crippen LogP contribution in [0.2, 0.25) is 0 Å². The molecule has 15 heavy (non-hydrogen) atoms. The number of hydrogen-bond donors (Lipinski definition) is 1. The van der Waals surface area contributed by atoms with E-state index in [0.29, 0.717) is 5.92 Å². The van der Waals surface area contributed by atoms with Gasteiger partial charge >= 0.3 is 0 Å². The van der Waals surface area contributed by atoms with Gasteiger partial charge in [0.15, 0.2) is 17.0 Å². The van der Waals surface area contributed by atoms with E-state index in [4.69, 9.17) is 0 Å². The van der Waals surface area contributed by atoms with Gasteiger partial charge < -0.3 is 5.32 Å². The summed E-state index contributed by atoms with van der Waals surface area (Å²) in [7, 11) is 1.81. The van der Waals surface area contributed by atoms with Crippen LogP contribution in [0.5, 0.6) is 0 Å². The van der Waals surface area contributed by atoms with E-state index in [2.05, 4.69) is 39.4 Å². The summed E-state index contributed by atoms with van der Waals surface area (Å²) in [6.07, 6.45) is 1.52. The molecule has 0 aliphatic carbocycles. The Balaban J connectivity index is 2.51. The van der Waals surface area contributed by atoms with E-state index in [0.717, 1.165) is 23.5 Å². The molecule has 0 aliphatic rings. The summed E-state index contributed by atoms with van der Waals surface area (Å²) >= 11 is 0. The summed E-state index contributed by atoms with van der Waals surface area (Å²) in [5, 5.41) is 11.1. The Morgan fingerprint density at radius 2 is 2.20 bits per heavy atom. The lowest BCUT2D eigenvalue weighted by atomic mass is 10.2. The first-order valence-electron chi connectivity index (χ1n) is 4.94. The minimum absolute atomic E-state index is 0.517. The molecule has 0 atom stereocenters. The summed E-state index contributed by atoms with van der Waals surface area (Å²) in [6.45, 7) is 5.08. The largest absolute Gasteiger partial charge is 0.371 e. The van der Waals surface area contributed by atoms with Crippen molar-refractivity contribution < 1.29 is 0 Å². The topological polar surface area (TPSA) is 68.5 Å². The van der Waals surface area contributed by atoms with E-state index in [1.807, 2.05) is 11.7 Å². The van der Waals surface area contributed by atoms with E-state index in [1.54, 1.807) is 0 Å². The molecule has 0 bridgehead atoms. The summed E-state index contributed by atoms with van der Waals surface area (Å²) in [4.78, 5) is 8.27. The third-order valence-corrected chi connectivity index (χ3v) is 2.08. The second-order valence-corrected chi connectivity index (χ2v) is 3.81. The first kappa shape index (κ1) is 9.82. The fourth-order valence-corrected chi connectivity index (χ4v) is 1.44. The second kappa shape index (κ2) is 3.80. The molecule has 0 spiro atoms. The zero-order valence-corrected chi connectivity index (χ0v) is 9.10. The van der Waals surface area contributed by atoms with Gasteiger partial charge in [0.1, 0.15) is 6.33 Å². The van der Waals surface area contributed by atoms with Crippen molar-refractivity contribution in [1.82, 2.24) is 25.0 Å². The van der Waals surface area contributed by atoms with Crippen LogP contribution in [0.1, 0.15) is 13.8 Å². The predicted molar refractivity (Wildman–Crippen MR) is 57.5 cm³/mol. The first-order chi connectivity index (χ1) is 7.22. The van der Waals surface area contributed by atoms with Gasteiger partial charge in [-0.05, 0) is 5.92 Å². The van der Waals surface area contributed by atoms with Crippen LogP contribution < -0.4 is 5.32 Å². The van der Waals surface area contributed by atoms with Crippen LogP contribution >= 0.6 is 0 Å². The van der Waals surface area contributed by atoms with Crippen molar-refractivity contribution in [3.05, 3.63) is 6.33 Å².